The van der Waals surface area contributed by atoms with Crippen LogP contribution in [0.25, 0.3) is 33.3 Å². The number of H-pyrrole nitrogens is 2. The number of nitrogen functional groups attached to an aromatic ring is 1. The number of benzene rings is 2. The van der Waals surface area contributed by atoms with Crippen LogP contribution in [0.4, 0.5) is 5.69 Å². The number of imidazole rings is 1. The second-order valence-electron chi connectivity index (χ2n) is 7.65. The van der Waals surface area contributed by atoms with Crippen molar-refractivity contribution in [3.8, 4) is 11.4 Å². The minimum atomic E-state index is -0.479. The van der Waals surface area contributed by atoms with Gasteiger partial charge in [-0.25, -0.2) is 4.98 Å². The van der Waals surface area contributed by atoms with Crippen molar-refractivity contribution in [2.75, 3.05) is 18.8 Å². The quantitative estimate of drug-likeness (QED) is 0.408. The van der Waals surface area contributed by atoms with Gasteiger partial charge in [-0.1, -0.05) is 18.2 Å². The molecule has 1 atom stereocenters. The lowest BCUT2D eigenvalue weighted by Crippen LogP contribution is -2.42. The summed E-state index contributed by atoms with van der Waals surface area (Å²) in [5.74, 6) is 0.224. The lowest BCUT2D eigenvalue weighted by Gasteiger charge is -2.30. The van der Waals surface area contributed by atoms with Gasteiger partial charge in [-0.2, -0.15) is 0 Å². The Labute approximate surface area is 171 Å². The van der Waals surface area contributed by atoms with Crippen molar-refractivity contribution in [3.05, 3.63) is 58.4 Å². The lowest BCUT2D eigenvalue weighted by atomic mass is 10.1. The van der Waals surface area contributed by atoms with Crippen molar-refractivity contribution < 1.29 is 9.90 Å². The van der Waals surface area contributed by atoms with Crippen molar-refractivity contribution in [1.29, 1.82) is 0 Å². The molecule has 0 aliphatic carbocycles. The average Bonchev–Trinajstić information content (AvgIpc) is 3.16. The molecular weight excluding hydrogens is 382 g/mol. The summed E-state index contributed by atoms with van der Waals surface area (Å²) in [6.45, 7) is 0.971. The number of aromatic amines is 2. The molecular formula is C22H21N5O3. The molecule has 4 aromatic rings. The number of para-hydroxylation sites is 1. The number of aliphatic hydroxyl groups is 1. The van der Waals surface area contributed by atoms with Crippen LogP contribution in [0.1, 0.15) is 23.2 Å². The largest absolute Gasteiger partial charge is 0.397 e. The molecule has 8 nitrogen and oxygen atoms in total. The van der Waals surface area contributed by atoms with Crippen LogP contribution < -0.4 is 11.3 Å². The Kier molecular flexibility index (Phi) is 4.29. The molecule has 1 amide bonds. The molecule has 0 spiro atoms. The number of β-amino-alcohol motifs (C(OH)–C–C–N with tert-alkyl or cyclic N) is 1. The number of likely N-dealkylation sites (tertiary alicyclic amines) is 1. The molecule has 1 aliphatic heterocycles. The number of hydrogen-bond acceptors (Lipinski definition) is 5. The Bertz CT molecular complexity index is 1340. The number of amides is 1. The minimum Gasteiger partial charge on any atom is -0.397 e. The van der Waals surface area contributed by atoms with Crippen LogP contribution in [0.5, 0.6) is 0 Å². The Hall–Kier alpha value is -3.65. The molecule has 0 unspecified atom stereocenters. The number of aliphatic hydroxyl groups excluding tert-OH is 1. The molecule has 0 bridgehead atoms. The first-order valence-corrected chi connectivity index (χ1v) is 9.89. The predicted molar refractivity (Wildman–Crippen MR) is 115 cm³/mol. The van der Waals surface area contributed by atoms with Gasteiger partial charge in [-0.15, -0.1) is 0 Å². The van der Waals surface area contributed by atoms with Gasteiger partial charge in [0.15, 0.2) is 0 Å². The van der Waals surface area contributed by atoms with E-state index >= 15 is 0 Å². The van der Waals surface area contributed by atoms with Gasteiger partial charge in [-0.3, -0.25) is 9.59 Å². The third-order valence-electron chi connectivity index (χ3n) is 5.61. The Balaban J connectivity index is 1.56. The van der Waals surface area contributed by atoms with Crippen LogP contribution in [0.2, 0.25) is 0 Å². The molecule has 2 aromatic carbocycles. The van der Waals surface area contributed by atoms with Crippen LogP contribution in [0.15, 0.2) is 47.3 Å². The number of rotatable bonds is 2. The van der Waals surface area contributed by atoms with Crippen molar-refractivity contribution in [1.82, 2.24) is 19.9 Å². The van der Waals surface area contributed by atoms with Crippen molar-refractivity contribution in [2.45, 2.75) is 18.9 Å². The first-order valence-electron chi connectivity index (χ1n) is 9.89. The summed E-state index contributed by atoms with van der Waals surface area (Å²) < 4.78 is 0. The van der Waals surface area contributed by atoms with E-state index in [4.69, 9.17) is 5.73 Å². The van der Waals surface area contributed by atoms with Crippen LogP contribution in [-0.4, -0.2) is 50.1 Å². The summed E-state index contributed by atoms with van der Waals surface area (Å²) in [7, 11) is 0. The number of pyridine rings is 1. The molecule has 1 saturated heterocycles. The van der Waals surface area contributed by atoms with Gasteiger partial charge in [-0.05, 0) is 37.1 Å². The van der Waals surface area contributed by atoms with Crippen LogP contribution >= 0.6 is 0 Å². The van der Waals surface area contributed by atoms with Gasteiger partial charge in [0.2, 0.25) is 0 Å². The van der Waals surface area contributed by atoms with E-state index in [-0.39, 0.29) is 17.0 Å². The number of nitrogens with zero attached hydrogens (tertiary/aromatic N) is 2. The molecule has 0 radical (unpaired) electrons. The second-order valence-corrected chi connectivity index (χ2v) is 7.65. The number of nitrogens with two attached hydrogens (primary N) is 1. The molecule has 1 fully saturated rings. The average molecular weight is 403 g/mol. The number of nitrogens with one attached hydrogen (secondary N) is 2. The van der Waals surface area contributed by atoms with E-state index in [1.165, 1.54) is 0 Å². The highest BCUT2D eigenvalue weighted by molar-refractivity contribution is 5.99. The van der Waals surface area contributed by atoms with Crippen LogP contribution in [0, 0.1) is 0 Å². The summed E-state index contributed by atoms with van der Waals surface area (Å²) in [5.41, 5.74) is 9.04. The summed E-state index contributed by atoms with van der Waals surface area (Å²) in [6, 6.07) is 12.5. The maximum absolute atomic E-state index is 12.8. The zero-order chi connectivity index (χ0) is 20.8. The first kappa shape index (κ1) is 18.4. The van der Waals surface area contributed by atoms with Gasteiger partial charge < -0.3 is 25.7 Å². The monoisotopic (exact) mass is 403 g/mol. The number of carbonyl (C=O) groups excluding carboxylic acids is 1. The Morgan fingerprint density at radius 2 is 2.00 bits per heavy atom. The van der Waals surface area contributed by atoms with Gasteiger partial charge in [0, 0.05) is 24.0 Å². The maximum Gasteiger partial charge on any atom is 0.261 e. The molecule has 0 saturated carbocycles. The topological polar surface area (TPSA) is 128 Å². The highest BCUT2D eigenvalue weighted by atomic mass is 16.3. The van der Waals surface area contributed by atoms with E-state index in [1.807, 2.05) is 18.2 Å². The number of piperidine rings is 1. The number of carbonyl (C=O) groups is 1. The fourth-order valence-electron chi connectivity index (χ4n) is 4.09. The molecule has 3 heterocycles. The molecule has 5 N–H and O–H groups in total. The van der Waals surface area contributed by atoms with E-state index in [1.54, 1.807) is 29.2 Å². The first-order chi connectivity index (χ1) is 14.5. The van der Waals surface area contributed by atoms with Crippen LogP contribution in [-0.2, 0) is 0 Å². The van der Waals surface area contributed by atoms with Gasteiger partial charge >= 0.3 is 0 Å². The molecule has 5 rings (SSSR count). The number of fused-ring (bicyclic) bond motifs is 2. The number of hydrogen-bond donors (Lipinski definition) is 4. The van der Waals surface area contributed by atoms with Gasteiger partial charge in [0.05, 0.1) is 28.3 Å². The molecule has 152 valence electrons. The summed E-state index contributed by atoms with van der Waals surface area (Å²) in [6.07, 6.45) is 1.02. The van der Waals surface area contributed by atoms with E-state index in [2.05, 4.69) is 15.0 Å². The summed E-state index contributed by atoms with van der Waals surface area (Å²) in [5, 5.41) is 10.6. The standard InChI is InChI=1S/C22H21N5O3/c23-19-14-5-1-2-6-15(14)26-21(29)18(19)20-24-16-8-7-12(10-17(16)25-20)22(30)27-9-3-4-13(28)11-27/h1-2,5-8,10,13,28H,3-4,9,11H2,(H,24,25)(H3,23,26,29)/t13-/m1/s1. The lowest BCUT2D eigenvalue weighted by molar-refractivity contribution is 0.0474. The van der Waals surface area contributed by atoms with E-state index in [0.717, 1.165) is 11.8 Å². The fourth-order valence-corrected chi connectivity index (χ4v) is 4.09. The van der Waals surface area contributed by atoms with Crippen molar-refractivity contribution >= 4 is 33.5 Å². The Morgan fingerprint density at radius 3 is 2.83 bits per heavy atom. The fraction of sp³-hybridized carbons (Fsp3) is 0.227. The number of aromatic nitrogens is 3. The molecule has 2 aromatic heterocycles. The van der Waals surface area contributed by atoms with Gasteiger partial charge in [0.1, 0.15) is 11.4 Å². The van der Waals surface area contributed by atoms with E-state index < -0.39 is 6.10 Å². The second kappa shape index (κ2) is 7.00. The van der Waals surface area contributed by atoms with Crippen LogP contribution in [0.3, 0.4) is 0 Å². The zero-order valence-corrected chi connectivity index (χ0v) is 16.2. The highest BCUT2D eigenvalue weighted by Crippen LogP contribution is 2.28. The maximum atomic E-state index is 12.8. The Morgan fingerprint density at radius 1 is 1.17 bits per heavy atom. The molecule has 8 heteroatoms. The highest BCUT2D eigenvalue weighted by Gasteiger charge is 2.24. The van der Waals surface area contributed by atoms with E-state index in [9.17, 15) is 14.7 Å². The minimum absolute atomic E-state index is 0.130. The molecule has 1 aliphatic rings. The smallest absolute Gasteiger partial charge is 0.261 e. The third kappa shape index (κ3) is 3.02. The zero-order valence-electron chi connectivity index (χ0n) is 16.2. The third-order valence-corrected chi connectivity index (χ3v) is 5.61. The number of anilines is 1. The summed E-state index contributed by atoms with van der Waals surface area (Å²) in [4.78, 5) is 37.6. The van der Waals surface area contributed by atoms with Gasteiger partial charge in [0.25, 0.3) is 11.5 Å². The SMILES string of the molecule is Nc1c(-c2nc3ccc(C(=O)N4CCC[C@@H](O)C4)cc3[nH]2)c(=O)[nH]c2ccccc12. The van der Waals surface area contributed by atoms with E-state index in [0.29, 0.717) is 53.1 Å². The molecule has 30 heavy (non-hydrogen) atoms. The normalized spacial score (nSPS) is 17.0. The summed E-state index contributed by atoms with van der Waals surface area (Å²) >= 11 is 0. The van der Waals surface area contributed by atoms with Crippen molar-refractivity contribution in [2.24, 2.45) is 0 Å². The van der Waals surface area contributed by atoms with Crippen molar-refractivity contribution in [3.63, 3.8) is 0 Å². The predicted octanol–water partition coefficient (Wildman–Crippen LogP) is 2.25.